The van der Waals surface area contributed by atoms with E-state index in [2.05, 4.69) is 4.98 Å². The van der Waals surface area contributed by atoms with Crippen molar-refractivity contribution in [2.24, 2.45) is 0 Å². The van der Waals surface area contributed by atoms with Crippen molar-refractivity contribution < 1.29 is 18.3 Å². The van der Waals surface area contributed by atoms with Crippen molar-refractivity contribution in [2.45, 2.75) is 12.8 Å². The number of carboxylic acid groups (broad SMARTS) is 1. The summed E-state index contributed by atoms with van der Waals surface area (Å²) in [7, 11) is -2.93. The van der Waals surface area contributed by atoms with Crippen molar-refractivity contribution in [3.05, 3.63) is 11.1 Å². The van der Waals surface area contributed by atoms with Crippen LogP contribution in [0.1, 0.15) is 12.1 Å². The van der Waals surface area contributed by atoms with Crippen molar-refractivity contribution in [3.8, 4) is 0 Å². The molecule has 2 heterocycles. The molecule has 1 aliphatic rings. The Hall–Kier alpha value is -1.15. The van der Waals surface area contributed by atoms with Crippen molar-refractivity contribution in [1.29, 1.82) is 0 Å². The Morgan fingerprint density at radius 2 is 2.22 bits per heavy atom. The third kappa shape index (κ3) is 3.42. The Kier molecular flexibility index (Phi) is 3.86. The Balaban J connectivity index is 2.07. The third-order valence-corrected chi connectivity index (χ3v) is 5.36. The van der Waals surface area contributed by atoms with Crippen LogP contribution in [0, 0.1) is 0 Å². The lowest BCUT2D eigenvalue weighted by Crippen LogP contribution is -2.26. The van der Waals surface area contributed by atoms with Gasteiger partial charge in [0, 0.05) is 18.5 Å². The van der Waals surface area contributed by atoms with Crippen molar-refractivity contribution in [2.75, 3.05) is 29.5 Å². The molecule has 0 unspecified atom stereocenters. The molecule has 2 rings (SSSR count). The maximum Gasteiger partial charge on any atom is 0.309 e. The zero-order valence-corrected chi connectivity index (χ0v) is 11.3. The molecular weight excluding hydrogens is 276 g/mol. The molecular formula is C10H14N2O4S2. The smallest absolute Gasteiger partial charge is 0.309 e. The second-order valence-corrected chi connectivity index (χ2v) is 7.32. The lowest BCUT2D eigenvalue weighted by atomic mass is 10.3. The first-order chi connectivity index (χ1) is 8.46. The van der Waals surface area contributed by atoms with Gasteiger partial charge in [-0.05, 0) is 6.42 Å². The lowest BCUT2D eigenvalue weighted by molar-refractivity contribution is -0.136. The van der Waals surface area contributed by atoms with Crippen molar-refractivity contribution >= 4 is 32.3 Å². The number of nitrogens with zero attached hydrogens (tertiary/aromatic N) is 2. The second kappa shape index (κ2) is 5.23. The summed E-state index contributed by atoms with van der Waals surface area (Å²) in [5, 5.41) is 11.1. The monoisotopic (exact) mass is 290 g/mol. The molecule has 1 aromatic rings. The normalized spacial score (nSPS) is 19.4. The first-order valence-electron chi connectivity index (χ1n) is 5.58. The fourth-order valence-corrected chi connectivity index (χ4v) is 3.96. The van der Waals surface area contributed by atoms with E-state index in [9.17, 15) is 13.2 Å². The van der Waals surface area contributed by atoms with Crippen molar-refractivity contribution in [1.82, 2.24) is 4.98 Å². The summed E-state index contributed by atoms with van der Waals surface area (Å²) in [6.45, 7) is 1.08. The Morgan fingerprint density at radius 1 is 1.44 bits per heavy atom. The SMILES string of the molecule is O=C(O)Cc1csc(N2CCCS(=O)(=O)CC2)n1. The van der Waals surface area contributed by atoms with E-state index in [0.717, 1.165) is 0 Å². The molecule has 0 radical (unpaired) electrons. The predicted molar refractivity (Wildman–Crippen MR) is 68.9 cm³/mol. The molecule has 0 amide bonds. The molecule has 18 heavy (non-hydrogen) atoms. The second-order valence-electron chi connectivity index (χ2n) is 4.18. The van der Waals surface area contributed by atoms with Gasteiger partial charge in [0.1, 0.15) is 0 Å². The number of aliphatic carboxylic acids is 1. The standard InChI is InChI=1S/C10H14N2O4S2/c13-9(14)6-8-7-17-10(11-8)12-2-1-4-18(15,16)5-3-12/h7H,1-6H2,(H,13,14). The highest BCUT2D eigenvalue weighted by Crippen LogP contribution is 2.22. The average molecular weight is 290 g/mol. The summed E-state index contributed by atoms with van der Waals surface area (Å²) < 4.78 is 23.0. The van der Waals surface area contributed by atoms with Gasteiger partial charge in [0.2, 0.25) is 0 Å². The molecule has 6 nitrogen and oxygen atoms in total. The number of sulfone groups is 1. The Morgan fingerprint density at radius 3 is 2.94 bits per heavy atom. The van der Waals surface area contributed by atoms with Gasteiger partial charge in [0.05, 0.1) is 23.6 Å². The quantitative estimate of drug-likeness (QED) is 0.866. The molecule has 0 aromatic carbocycles. The van der Waals surface area contributed by atoms with Crippen LogP contribution in [0.5, 0.6) is 0 Å². The Labute approximate surface area is 109 Å². The number of aromatic nitrogens is 1. The van der Waals surface area contributed by atoms with Gasteiger partial charge in [-0.2, -0.15) is 0 Å². The van der Waals surface area contributed by atoms with Crippen LogP contribution >= 0.6 is 11.3 Å². The molecule has 1 aliphatic heterocycles. The van der Waals surface area contributed by atoms with Crippen LogP contribution < -0.4 is 4.90 Å². The van der Waals surface area contributed by atoms with E-state index in [1.165, 1.54) is 11.3 Å². The first kappa shape index (κ1) is 13.3. The molecule has 0 saturated carbocycles. The largest absolute Gasteiger partial charge is 0.481 e. The van der Waals surface area contributed by atoms with Gasteiger partial charge in [-0.3, -0.25) is 4.79 Å². The molecule has 1 N–H and O–H groups in total. The van der Waals surface area contributed by atoms with Crippen LogP contribution in [-0.4, -0.2) is 49.1 Å². The van der Waals surface area contributed by atoms with Crippen LogP contribution in [-0.2, 0) is 21.1 Å². The maximum atomic E-state index is 11.5. The topological polar surface area (TPSA) is 87.6 Å². The number of rotatable bonds is 3. The predicted octanol–water partition coefficient (Wildman–Crippen LogP) is 0.395. The molecule has 0 atom stereocenters. The maximum absolute atomic E-state index is 11.5. The molecule has 0 spiro atoms. The molecule has 100 valence electrons. The van der Waals surface area contributed by atoms with E-state index >= 15 is 0 Å². The molecule has 0 bridgehead atoms. The number of thiazole rings is 1. The van der Waals surface area contributed by atoms with E-state index in [1.807, 2.05) is 4.90 Å². The number of hydrogen-bond donors (Lipinski definition) is 1. The average Bonchev–Trinajstić information content (AvgIpc) is 2.62. The van der Waals surface area contributed by atoms with E-state index in [0.29, 0.717) is 30.3 Å². The summed E-state index contributed by atoms with van der Waals surface area (Å²) in [6, 6.07) is 0. The number of hydrogen-bond acceptors (Lipinski definition) is 6. The van der Waals surface area contributed by atoms with Gasteiger partial charge in [-0.1, -0.05) is 0 Å². The minimum Gasteiger partial charge on any atom is -0.481 e. The Bertz CT molecular complexity index is 538. The van der Waals surface area contributed by atoms with E-state index in [-0.39, 0.29) is 17.9 Å². The van der Waals surface area contributed by atoms with Crippen LogP contribution in [0.25, 0.3) is 0 Å². The minimum atomic E-state index is -2.93. The van der Waals surface area contributed by atoms with Gasteiger partial charge in [0.25, 0.3) is 0 Å². The highest BCUT2D eigenvalue weighted by atomic mass is 32.2. The van der Waals surface area contributed by atoms with Crippen LogP contribution in [0.4, 0.5) is 5.13 Å². The summed E-state index contributed by atoms with van der Waals surface area (Å²) in [5.41, 5.74) is 0.523. The fourth-order valence-electron chi connectivity index (χ4n) is 1.81. The lowest BCUT2D eigenvalue weighted by Gasteiger charge is -2.17. The number of carbonyl (C=O) groups is 1. The van der Waals surface area contributed by atoms with Gasteiger partial charge >= 0.3 is 5.97 Å². The van der Waals surface area contributed by atoms with E-state index in [1.54, 1.807) is 5.38 Å². The molecule has 1 saturated heterocycles. The van der Waals surface area contributed by atoms with E-state index < -0.39 is 15.8 Å². The number of anilines is 1. The van der Waals surface area contributed by atoms with Gasteiger partial charge < -0.3 is 10.0 Å². The molecule has 1 fully saturated rings. The number of carboxylic acids is 1. The molecule has 0 aliphatic carbocycles. The van der Waals surface area contributed by atoms with Gasteiger partial charge in [-0.15, -0.1) is 11.3 Å². The molecule has 1 aromatic heterocycles. The zero-order chi connectivity index (χ0) is 13.2. The van der Waals surface area contributed by atoms with Crippen LogP contribution in [0.3, 0.4) is 0 Å². The first-order valence-corrected chi connectivity index (χ1v) is 8.28. The van der Waals surface area contributed by atoms with Crippen LogP contribution in [0.15, 0.2) is 5.38 Å². The highest BCUT2D eigenvalue weighted by molar-refractivity contribution is 7.91. The zero-order valence-electron chi connectivity index (χ0n) is 9.70. The van der Waals surface area contributed by atoms with Gasteiger partial charge in [-0.25, -0.2) is 13.4 Å². The van der Waals surface area contributed by atoms with Gasteiger partial charge in [0.15, 0.2) is 15.0 Å². The highest BCUT2D eigenvalue weighted by Gasteiger charge is 2.21. The van der Waals surface area contributed by atoms with Crippen LogP contribution in [0.2, 0.25) is 0 Å². The summed E-state index contributed by atoms with van der Waals surface area (Å²) in [5.74, 6) is -0.553. The minimum absolute atomic E-state index is 0.0946. The third-order valence-electron chi connectivity index (χ3n) is 2.70. The summed E-state index contributed by atoms with van der Waals surface area (Å²) >= 11 is 1.36. The van der Waals surface area contributed by atoms with E-state index in [4.69, 9.17) is 5.11 Å². The van der Waals surface area contributed by atoms with Crippen molar-refractivity contribution in [3.63, 3.8) is 0 Å². The fraction of sp³-hybridized carbons (Fsp3) is 0.600. The summed E-state index contributed by atoms with van der Waals surface area (Å²) in [6.07, 6.45) is 0.499. The summed E-state index contributed by atoms with van der Waals surface area (Å²) in [4.78, 5) is 16.7. The molecule has 8 heteroatoms.